The smallest absolute Gasteiger partial charge is 0.251 e. The van der Waals surface area contributed by atoms with Crippen LogP contribution in [0.15, 0.2) is 48.5 Å². The third-order valence-electron chi connectivity index (χ3n) is 5.00. The molecule has 1 amide bonds. The van der Waals surface area contributed by atoms with Crippen LogP contribution < -0.4 is 15.0 Å². The molecule has 0 aliphatic carbocycles. The summed E-state index contributed by atoms with van der Waals surface area (Å²) in [7, 11) is 5.68. The van der Waals surface area contributed by atoms with Gasteiger partial charge >= 0.3 is 0 Å². The largest absolute Gasteiger partial charge is 0.496 e. The van der Waals surface area contributed by atoms with E-state index in [9.17, 15) is 4.79 Å². The molecule has 0 fully saturated rings. The van der Waals surface area contributed by atoms with Crippen LogP contribution in [-0.2, 0) is 0 Å². The van der Waals surface area contributed by atoms with Crippen molar-refractivity contribution in [2.75, 3.05) is 39.2 Å². The fourth-order valence-electron chi connectivity index (χ4n) is 3.45. The van der Waals surface area contributed by atoms with E-state index in [1.54, 1.807) is 7.11 Å². The highest BCUT2D eigenvalue weighted by Gasteiger charge is 2.19. The number of likely N-dealkylation sites (N-methyl/N-ethyl adjacent to an activating group) is 1. The molecule has 5 nitrogen and oxygen atoms in total. The Balaban J connectivity index is 2.09. The number of methoxy groups -OCH3 is 1. The zero-order valence-electron chi connectivity index (χ0n) is 17.9. The Kier molecular flexibility index (Phi) is 7.88. The van der Waals surface area contributed by atoms with Crippen LogP contribution in [0.1, 0.15) is 42.7 Å². The number of ether oxygens (including phenoxy) is 1. The quantitative estimate of drug-likeness (QED) is 0.712. The Bertz CT molecular complexity index is 757. The normalized spacial score (nSPS) is 12.1. The third-order valence-corrected chi connectivity index (χ3v) is 5.00. The van der Waals surface area contributed by atoms with Gasteiger partial charge in [0.25, 0.3) is 5.91 Å². The van der Waals surface area contributed by atoms with Crippen LogP contribution in [-0.4, -0.2) is 51.1 Å². The highest BCUT2D eigenvalue weighted by molar-refractivity contribution is 5.94. The summed E-state index contributed by atoms with van der Waals surface area (Å²) < 4.78 is 5.49. The van der Waals surface area contributed by atoms with E-state index in [1.165, 1.54) is 0 Å². The van der Waals surface area contributed by atoms with Gasteiger partial charge in [0.05, 0.1) is 13.2 Å². The summed E-state index contributed by atoms with van der Waals surface area (Å²) in [6, 6.07) is 16.2. The average molecular weight is 384 g/mol. The highest BCUT2D eigenvalue weighted by Crippen LogP contribution is 2.27. The number of hydrogen-bond acceptors (Lipinski definition) is 4. The van der Waals surface area contributed by atoms with E-state index >= 15 is 0 Å². The van der Waals surface area contributed by atoms with E-state index in [0.717, 1.165) is 23.5 Å². The second-order valence-corrected chi connectivity index (χ2v) is 7.36. The van der Waals surface area contributed by atoms with Crippen LogP contribution in [0.25, 0.3) is 0 Å². The first-order valence-electron chi connectivity index (χ1n) is 9.83. The Hall–Kier alpha value is -2.53. The Labute approximate surface area is 169 Å². The molecule has 0 saturated carbocycles. The summed E-state index contributed by atoms with van der Waals surface area (Å²) in [5.74, 6) is 0.758. The summed E-state index contributed by atoms with van der Waals surface area (Å²) in [4.78, 5) is 17.1. The fourth-order valence-corrected chi connectivity index (χ4v) is 3.45. The number of carbonyl (C=O) groups is 1. The molecule has 0 aliphatic heterocycles. The van der Waals surface area contributed by atoms with Crippen LogP contribution in [0, 0.1) is 0 Å². The molecule has 152 valence electrons. The average Bonchev–Trinajstić information content (AvgIpc) is 2.69. The van der Waals surface area contributed by atoms with E-state index in [2.05, 4.69) is 35.9 Å². The minimum Gasteiger partial charge on any atom is -0.496 e. The van der Waals surface area contributed by atoms with Crippen LogP contribution in [0.4, 0.5) is 5.69 Å². The van der Waals surface area contributed by atoms with E-state index in [-0.39, 0.29) is 11.9 Å². The maximum absolute atomic E-state index is 12.7. The lowest BCUT2D eigenvalue weighted by Gasteiger charge is -2.28. The summed E-state index contributed by atoms with van der Waals surface area (Å²) in [6.07, 6.45) is 0. The first-order chi connectivity index (χ1) is 13.4. The molecule has 0 heterocycles. The molecule has 0 aliphatic rings. The van der Waals surface area contributed by atoms with E-state index in [4.69, 9.17) is 4.74 Å². The van der Waals surface area contributed by atoms with Crippen LogP contribution >= 0.6 is 0 Å². The molecule has 0 spiro atoms. The van der Waals surface area contributed by atoms with Gasteiger partial charge in [-0.3, -0.25) is 4.79 Å². The van der Waals surface area contributed by atoms with Gasteiger partial charge in [-0.2, -0.15) is 0 Å². The van der Waals surface area contributed by atoms with Crippen LogP contribution in [0.5, 0.6) is 5.75 Å². The second kappa shape index (κ2) is 10.1. The molecule has 1 N–H and O–H groups in total. The zero-order chi connectivity index (χ0) is 20.7. The monoisotopic (exact) mass is 383 g/mol. The van der Waals surface area contributed by atoms with Crippen molar-refractivity contribution in [2.24, 2.45) is 0 Å². The van der Waals surface area contributed by atoms with E-state index in [0.29, 0.717) is 18.2 Å². The minimum absolute atomic E-state index is 0.0240. The van der Waals surface area contributed by atoms with Gasteiger partial charge in [0.1, 0.15) is 5.75 Å². The number of carbonyl (C=O) groups excluding carboxylic acids is 1. The molecule has 2 aromatic rings. The standard InChI is InChI=1S/C23H33N3O2/c1-7-26(17(2)3)19-14-12-18(13-15-19)23(27)24-16-21(25(4)5)20-10-8-9-11-22(20)28-6/h8-15,17,21H,7,16H2,1-6H3,(H,24,27). The molecular weight excluding hydrogens is 350 g/mol. The maximum Gasteiger partial charge on any atom is 0.251 e. The maximum atomic E-state index is 12.7. The molecule has 1 unspecified atom stereocenters. The molecule has 28 heavy (non-hydrogen) atoms. The Morgan fingerprint density at radius 3 is 2.25 bits per heavy atom. The van der Waals surface area contributed by atoms with Gasteiger partial charge in [0.15, 0.2) is 0 Å². The molecular formula is C23H33N3O2. The van der Waals surface area contributed by atoms with Gasteiger partial charge < -0.3 is 19.9 Å². The molecule has 0 saturated heterocycles. The van der Waals surface area contributed by atoms with Crippen molar-refractivity contribution < 1.29 is 9.53 Å². The topological polar surface area (TPSA) is 44.8 Å². The number of nitrogens with one attached hydrogen (secondary N) is 1. The minimum atomic E-state index is -0.0686. The number of para-hydroxylation sites is 1. The molecule has 1 atom stereocenters. The van der Waals surface area contributed by atoms with Crippen molar-refractivity contribution in [1.82, 2.24) is 10.2 Å². The Morgan fingerprint density at radius 1 is 1.07 bits per heavy atom. The lowest BCUT2D eigenvalue weighted by atomic mass is 10.0. The predicted molar refractivity (Wildman–Crippen MR) is 116 cm³/mol. The molecule has 0 bridgehead atoms. The number of nitrogens with zero attached hydrogens (tertiary/aromatic N) is 2. The van der Waals surface area contributed by atoms with Crippen molar-refractivity contribution in [3.05, 3.63) is 59.7 Å². The number of rotatable bonds is 9. The number of benzene rings is 2. The lowest BCUT2D eigenvalue weighted by Crippen LogP contribution is -2.34. The van der Waals surface area contributed by atoms with Gasteiger partial charge in [-0.25, -0.2) is 0 Å². The van der Waals surface area contributed by atoms with Gasteiger partial charge in [-0.15, -0.1) is 0 Å². The summed E-state index contributed by atoms with van der Waals surface area (Å²) >= 11 is 0. The van der Waals surface area contributed by atoms with Crippen molar-refractivity contribution in [3.63, 3.8) is 0 Å². The van der Waals surface area contributed by atoms with Crippen LogP contribution in [0.3, 0.4) is 0 Å². The van der Waals surface area contributed by atoms with Crippen molar-refractivity contribution in [3.8, 4) is 5.75 Å². The summed E-state index contributed by atoms with van der Waals surface area (Å²) in [5.41, 5.74) is 2.86. The molecule has 0 aromatic heterocycles. The first kappa shape index (κ1) is 21.8. The predicted octanol–water partition coefficient (Wildman–Crippen LogP) is 3.96. The Morgan fingerprint density at radius 2 is 1.71 bits per heavy atom. The third kappa shape index (κ3) is 5.26. The molecule has 0 radical (unpaired) electrons. The first-order valence-corrected chi connectivity index (χ1v) is 9.83. The van der Waals surface area contributed by atoms with Gasteiger partial charge in [0.2, 0.25) is 0 Å². The molecule has 2 aromatic carbocycles. The lowest BCUT2D eigenvalue weighted by molar-refractivity contribution is 0.0941. The number of hydrogen-bond donors (Lipinski definition) is 1. The zero-order valence-corrected chi connectivity index (χ0v) is 17.9. The summed E-state index contributed by atoms with van der Waals surface area (Å²) in [6.45, 7) is 7.92. The van der Waals surface area contributed by atoms with Gasteiger partial charge in [-0.1, -0.05) is 18.2 Å². The van der Waals surface area contributed by atoms with Crippen molar-refractivity contribution >= 4 is 11.6 Å². The van der Waals surface area contributed by atoms with E-state index in [1.807, 2.05) is 62.6 Å². The van der Waals surface area contributed by atoms with Crippen LogP contribution in [0.2, 0.25) is 0 Å². The molecule has 2 rings (SSSR count). The molecule has 5 heteroatoms. The fraction of sp³-hybridized carbons (Fsp3) is 0.435. The van der Waals surface area contributed by atoms with E-state index < -0.39 is 0 Å². The van der Waals surface area contributed by atoms with Gasteiger partial charge in [-0.05, 0) is 65.2 Å². The summed E-state index contributed by atoms with van der Waals surface area (Å²) in [5, 5.41) is 3.07. The van der Waals surface area contributed by atoms with Crippen molar-refractivity contribution in [2.45, 2.75) is 32.9 Å². The highest BCUT2D eigenvalue weighted by atomic mass is 16.5. The SMILES string of the molecule is CCN(c1ccc(C(=O)NCC(c2ccccc2OC)N(C)C)cc1)C(C)C. The number of amides is 1. The second-order valence-electron chi connectivity index (χ2n) is 7.36. The van der Waals surface area contributed by atoms with Gasteiger partial charge in [0, 0.05) is 35.9 Å². The number of anilines is 1. The van der Waals surface area contributed by atoms with Crippen molar-refractivity contribution in [1.29, 1.82) is 0 Å².